The van der Waals surface area contributed by atoms with Gasteiger partial charge in [-0.05, 0) is 92.4 Å². The number of benzene rings is 8. The number of nitrogens with zero attached hydrogens (tertiary/aromatic N) is 1. The van der Waals surface area contributed by atoms with E-state index in [1.54, 1.807) is 0 Å². The van der Waals surface area contributed by atoms with Crippen molar-refractivity contribution in [3.8, 4) is 33.4 Å². The maximum Gasteiger partial charge on any atom is 0.0546 e. The first-order valence-corrected chi connectivity index (χ1v) is 18.5. The van der Waals surface area contributed by atoms with Gasteiger partial charge >= 0.3 is 0 Å². The van der Waals surface area contributed by atoms with Gasteiger partial charge < -0.3 is 4.90 Å². The molecule has 0 bridgehead atoms. The fourth-order valence-electron chi connectivity index (χ4n) is 8.45. The van der Waals surface area contributed by atoms with Gasteiger partial charge in [-0.25, -0.2) is 0 Å². The van der Waals surface area contributed by atoms with Crippen LogP contribution >= 0.6 is 0 Å². The average molecular weight is 656 g/mol. The monoisotopic (exact) mass is 655 g/mol. The third kappa shape index (κ3) is 5.89. The maximum atomic E-state index is 2.49. The molecule has 0 unspecified atom stereocenters. The normalized spacial score (nSPS) is 13.4. The van der Waals surface area contributed by atoms with Crippen LogP contribution in [0, 0.1) is 0 Å². The lowest BCUT2D eigenvalue weighted by Crippen LogP contribution is -2.13. The molecule has 246 valence electrons. The molecule has 0 radical (unpaired) electrons. The Morgan fingerprint density at radius 3 is 1.84 bits per heavy atom. The van der Waals surface area contributed by atoms with Crippen molar-refractivity contribution in [1.29, 1.82) is 0 Å². The van der Waals surface area contributed by atoms with Crippen LogP contribution in [-0.2, 0) is 0 Å². The molecule has 0 N–H and O–H groups in total. The molecule has 0 saturated heterocycles. The van der Waals surface area contributed by atoms with Gasteiger partial charge in [0.1, 0.15) is 0 Å². The van der Waals surface area contributed by atoms with Crippen molar-refractivity contribution >= 4 is 38.6 Å². The molecule has 0 aromatic heterocycles. The highest BCUT2D eigenvalue weighted by Gasteiger charge is 2.24. The SMILES string of the molecule is c1ccc(-c2ccc(-c3cccc4ccccc34)cc2N(c2ccccc2)c2ccccc2-c2cccc3cccc(C4CCCCC4)c23)cc1. The molecule has 1 heteroatoms. The van der Waals surface area contributed by atoms with Gasteiger partial charge in [-0.15, -0.1) is 0 Å². The summed E-state index contributed by atoms with van der Waals surface area (Å²) >= 11 is 0. The summed E-state index contributed by atoms with van der Waals surface area (Å²) in [5, 5.41) is 5.23. The second kappa shape index (κ2) is 13.8. The summed E-state index contributed by atoms with van der Waals surface area (Å²) in [5.74, 6) is 0.600. The number of hydrogen-bond acceptors (Lipinski definition) is 1. The summed E-state index contributed by atoms with van der Waals surface area (Å²) in [5.41, 5.74) is 12.3. The topological polar surface area (TPSA) is 3.24 Å². The number of para-hydroxylation sites is 2. The van der Waals surface area contributed by atoms with E-state index < -0.39 is 0 Å². The quantitative estimate of drug-likeness (QED) is 0.165. The predicted octanol–water partition coefficient (Wildman–Crippen LogP) is 14.5. The molecule has 0 atom stereocenters. The zero-order valence-electron chi connectivity index (χ0n) is 28.9. The Labute approximate surface area is 301 Å². The third-order valence-corrected chi connectivity index (χ3v) is 10.9. The van der Waals surface area contributed by atoms with Gasteiger partial charge in [-0.2, -0.15) is 0 Å². The van der Waals surface area contributed by atoms with Gasteiger partial charge in [0, 0.05) is 16.8 Å². The lowest BCUT2D eigenvalue weighted by atomic mass is 9.80. The lowest BCUT2D eigenvalue weighted by Gasteiger charge is -2.31. The van der Waals surface area contributed by atoms with Crippen molar-refractivity contribution in [2.24, 2.45) is 0 Å². The maximum absolute atomic E-state index is 2.49. The Kier molecular flexibility index (Phi) is 8.39. The molecule has 1 aliphatic rings. The Morgan fingerprint density at radius 1 is 0.392 bits per heavy atom. The third-order valence-electron chi connectivity index (χ3n) is 10.9. The van der Waals surface area contributed by atoms with Crippen molar-refractivity contribution in [2.75, 3.05) is 4.90 Å². The second-order valence-corrected chi connectivity index (χ2v) is 13.9. The molecule has 8 aromatic rings. The summed E-state index contributed by atoms with van der Waals surface area (Å²) in [6.07, 6.45) is 6.53. The zero-order valence-corrected chi connectivity index (χ0v) is 28.9. The minimum absolute atomic E-state index is 0.600. The molecule has 9 rings (SSSR count). The molecule has 0 aliphatic heterocycles. The van der Waals surface area contributed by atoms with Gasteiger partial charge in [-0.1, -0.05) is 177 Å². The van der Waals surface area contributed by atoms with E-state index in [-0.39, 0.29) is 0 Å². The van der Waals surface area contributed by atoms with Gasteiger partial charge in [0.05, 0.1) is 11.4 Å². The molecular formula is C50H41N. The Bertz CT molecular complexity index is 2440. The summed E-state index contributed by atoms with van der Waals surface area (Å²) in [6, 6.07) is 67.0. The van der Waals surface area contributed by atoms with E-state index in [2.05, 4.69) is 187 Å². The van der Waals surface area contributed by atoms with Crippen LogP contribution in [0.1, 0.15) is 43.6 Å². The molecule has 0 amide bonds. The fraction of sp³-hybridized carbons (Fsp3) is 0.120. The van der Waals surface area contributed by atoms with Crippen LogP contribution in [0.15, 0.2) is 182 Å². The van der Waals surface area contributed by atoms with E-state index >= 15 is 0 Å². The molecule has 0 spiro atoms. The van der Waals surface area contributed by atoms with Crippen molar-refractivity contribution < 1.29 is 0 Å². The van der Waals surface area contributed by atoms with E-state index in [0.717, 1.165) is 11.4 Å². The first kappa shape index (κ1) is 31.1. The van der Waals surface area contributed by atoms with Crippen LogP contribution in [0.3, 0.4) is 0 Å². The number of anilines is 3. The first-order chi connectivity index (χ1) is 25.3. The van der Waals surface area contributed by atoms with Crippen LogP contribution in [0.25, 0.3) is 54.9 Å². The molecule has 1 fully saturated rings. The van der Waals surface area contributed by atoms with Gasteiger partial charge in [0.15, 0.2) is 0 Å². The minimum atomic E-state index is 0.600. The van der Waals surface area contributed by atoms with E-state index in [1.807, 2.05) is 0 Å². The van der Waals surface area contributed by atoms with E-state index in [4.69, 9.17) is 0 Å². The van der Waals surface area contributed by atoms with Crippen molar-refractivity contribution in [3.63, 3.8) is 0 Å². The fourth-order valence-corrected chi connectivity index (χ4v) is 8.45. The Hall–Kier alpha value is -5.92. The van der Waals surface area contributed by atoms with Crippen molar-refractivity contribution in [2.45, 2.75) is 38.0 Å². The van der Waals surface area contributed by atoms with E-state index in [9.17, 15) is 0 Å². The lowest BCUT2D eigenvalue weighted by molar-refractivity contribution is 0.445. The summed E-state index contributed by atoms with van der Waals surface area (Å²) in [7, 11) is 0. The number of fused-ring (bicyclic) bond motifs is 2. The summed E-state index contributed by atoms with van der Waals surface area (Å²) in [6.45, 7) is 0. The largest absolute Gasteiger partial charge is 0.309 e. The molecule has 1 saturated carbocycles. The van der Waals surface area contributed by atoms with Crippen LogP contribution in [-0.4, -0.2) is 0 Å². The van der Waals surface area contributed by atoms with E-state index in [0.29, 0.717) is 5.92 Å². The second-order valence-electron chi connectivity index (χ2n) is 13.9. The number of hydrogen-bond donors (Lipinski definition) is 0. The number of rotatable bonds is 7. The Morgan fingerprint density at radius 2 is 1.02 bits per heavy atom. The van der Waals surface area contributed by atoms with E-state index in [1.165, 1.54) is 98.3 Å². The molecule has 1 aliphatic carbocycles. The van der Waals surface area contributed by atoms with Gasteiger partial charge in [0.2, 0.25) is 0 Å². The molecule has 1 nitrogen and oxygen atoms in total. The van der Waals surface area contributed by atoms with Crippen molar-refractivity contribution in [1.82, 2.24) is 0 Å². The van der Waals surface area contributed by atoms with Crippen LogP contribution in [0.2, 0.25) is 0 Å². The van der Waals surface area contributed by atoms with Crippen LogP contribution in [0.4, 0.5) is 17.1 Å². The smallest absolute Gasteiger partial charge is 0.0546 e. The van der Waals surface area contributed by atoms with Gasteiger partial charge in [-0.3, -0.25) is 0 Å². The molecular weight excluding hydrogens is 615 g/mol. The molecule has 8 aromatic carbocycles. The van der Waals surface area contributed by atoms with Crippen LogP contribution < -0.4 is 4.90 Å². The Balaban J connectivity index is 1.32. The highest BCUT2D eigenvalue weighted by Crippen LogP contribution is 2.48. The standard InChI is InChI=1S/C50H41N/c1-4-17-37(18-5-1)44-34-33-40(43-29-14-22-36-21-10-11-27-42(36)43)35-49(44)51(41-25-8-3-9-26-41)48-32-13-12-28-46(48)47-31-16-24-39-23-15-30-45(50(39)47)38-19-6-2-7-20-38/h1,3-5,8-18,21-35,38H,2,6-7,19-20H2. The van der Waals surface area contributed by atoms with Crippen molar-refractivity contribution in [3.05, 3.63) is 188 Å². The molecule has 51 heavy (non-hydrogen) atoms. The average Bonchev–Trinajstić information content (AvgIpc) is 3.21. The zero-order chi connectivity index (χ0) is 34.0. The highest BCUT2D eigenvalue weighted by atomic mass is 15.1. The minimum Gasteiger partial charge on any atom is -0.309 e. The summed E-state index contributed by atoms with van der Waals surface area (Å²) in [4.78, 5) is 2.49. The molecule has 0 heterocycles. The predicted molar refractivity (Wildman–Crippen MR) is 218 cm³/mol. The summed E-state index contributed by atoms with van der Waals surface area (Å²) < 4.78 is 0. The van der Waals surface area contributed by atoms with Crippen LogP contribution in [0.5, 0.6) is 0 Å². The first-order valence-electron chi connectivity index (χ1n) is 18.5. The van der Waals surface area contributed by atoms with Gasteiger partial charge in [0.25, 0.3) is 0 Å². The highest BCUT2D eigenvalue weighted by molar-refractivity contribution is 6.05.